The number of carbonyl (C=O) groups is 1. The topological polar surface area (TPSA) is 51.0 Å². The van der Waals surface area contributed by atoms with Gasteiger partial charge >= 0.3 is 0 Å². The number of nitrogens with zero attached hydrogens (tertiary/aromatic N) is 4. The van der Waals surface area contributed by atoms with Crippen LogP contribution in [0.5, 0.6) is 0 Å². The third-order valence-corrected chi connectivity index (χ3v) is 5.10. The highest BCUT2D eigenvalue weighted by atomic mass is 19.1. The summed E-state index contributed by atoms with van der Waals surface area (Å²) in [6.45, 7) is 1.98. The summed E-state index contributed by atoms with van der Waals surface area (Å²) in [6, 6.07) is 10.2. The normalized spacial score (nSPS) is 15.1. The lowest BCUT2D eigenvalue weighted by Crippen LogP contribution is -2.38. The third kappa shape index (κ3) is 3.74. The Bertz CT molecular complexity index is 917. The van der Waals surface area contributed by atoms with E-state index in [0.717, 1.165) is 25.2 Å². The van der Waals surface area contributed by atoms with Crippen LogP contribution in [0.2, 0.25) is 0 Å². The molecule has 0 bridgehead atoms. The lowest BCUT2D eigenvalue weighted by atomic mass is 9.95. The van der Waals surface area contributed by atoms with Crippen molar-refractivity contribution in [1.82, 2.24) is 19.4 Å². The molecule has 1 aromatic carbocycles. The zero-order chi connectivity index (χ0) is 18.6. The zero-order valence-electron chi connectivity index (χ0n) is 15.0. The molecule has 0 atom stereocenters. The minimum Gasteiger partial charge on any atom is -0.339 e. The first-order valence-electron chi connectivity index (χ1n) is 9.16. The van der Waals surface area contributed by atoms with Crippen LogP contribution >= 0.6 is 0 Å². The summed E-state index contributed by atoms with van der Waals surface area (Å²) < 4.78 is 16.1. The van der Waals surface area contributed by atoms with Gasteiger partial charge in [0.25, 0.3) is 5.91 Å². The molecule has 2 aromatic heterocycles. The lowest BCUT2D eigenvalue weighted by molar-refractivity contribution is 0.0705. The van der Waals surface area contributed by atoms with E-state index < -0.39 is 5.82 Å². The summed E-state index contributed by atoms with van der Waals surface area (Å²) >= 11 is 0. The second-order valence-electron chi connectivity index (χ2n) is 6.82. The van der Waals surface area contributed by atoms with Gasteiger partial charge in [-0.05, 0) is 42.7 Å². The van der Waals surface area contributed by atoms with E-state index in [4.69, 9.17) is 0 Å². The van der Waals surface area contributed by atoms with Crippen LogP contribution < -0.4 is 0 Å². The van der Waals surface area contributed by atoms with Crippen LogP contribution in [0.25, 0.3) is 0 Å². The SMILES string of the molecule is O=C(c1ccccc1F)N1CCC(c2nccn2Cc2ccncc2)CC1. The van der Waals surface area contributed by atoms with E-state index in [1.807, 2.05) is 24.5 Å². The summed E-state index contributed by atoms with van der Waals surface area (Å²) in [5.74, 6) is 0.653. The molecule has 3 heterocycles. The number of hydrogen-bond acceptors (Lipinski definition) is 3. The van der Waals surface area contributed by atoms with E-state index in [9.17, 15) is 9.18 Å². The summed E-state index contributed by atoms with van der Waals surface area (Å²) in [6.07, 6.45) is 9.05. The van der Waals surface area contributed by atoms with E-state index in [1.165, 1.54) is 11.6 Å². The van der Waals surface area contributed by atoms with Gasteiger partial charge in [-0.1, -0.05) is 12.1 Å². The molecule has 5 nitrogen and oxygen atoms in total. The molecule has 0 saturated carbocycles. The number of aromatic nitrogens is 3. The van der Waals surface area contributed by atoms with Gasteiger partial charge in [0.15, 0.2) is 0 Å². The number of pyridine rings is 1. The molecule has 0 radical (unpaired) electrons. The fourth-order valence-corrected chi connectivity index (χ4v) is 3.64. The van der Waals surface area contributed by atoms with Crippen LogP contribution in [0.3, 0.4) is 0 Å². The molecule has 1 aliphatic heterocycles. The molecule has 1 fully saturated rings. The van der Waals surface area contributed by atoms with E-state index in [1.54, 1.807) is 35.5 Å². The number of carbonyl (C=O) groups excluding carboxylic acids is 1. The van der Waals surface area contributed by atoms with Crippen LogP contribution in [0.15, 0.2) is 61.2 Å². The van der Waals surface area contributed by atoms with Crippen molar-refractivity contribution in [3.63, 3.8) is 0 Å². The molecule has 6 heteroatoms. The summed E-state index contributed by atoms with van der Waals surface area (Å²) in [5.41, 5.74) is 1.33. The number of imidazole rings is 1. The summed E-state index contributed by atoms with van der Waals surface area (Å²) in [5, 5.41) is 0. The van der Waals surface area contributed by atoms with E-state index in [0.29, 0.717) is 19.0 Å². The van der Waals surface area contributed by atoms with Crippen LogP contribution in [0.1, 0.15) is 40.5 Å². The number of likely N-dealkylation sites (tertiary alicyclic amines) is 1. The van der Waals surface area contributed by atoms with E-state index in [-0.39, 0.29) is 11.5 Å². The monoisotopic (exact) mass is 364 g/mol. The molecule has 138 valence electrons. The number of amides is 1. The molecule has 4 rings (SSSR count). The number of piperidine rings is 1. The molecule has 0 aliphatic carbocycles. The average Bonchev–Trinajstić information content (AvgIpc) is 3.17. The van der Waals surface area contributed by atoms with Crippen molar-refractivity contribution >= 4 is 5.91 Å². The van der Waals surface area contributed by atoms with Crippen molar-refractivity contribution in [3.05, 3.63) is 84.0 Å². The van der Waals surface area contributed by atoms with Gasteiger partial charge in [-0.15, -0.1) is 0 Å². The maximum Gasteiger partial charge on any atom is 0.256 e. The minimum absolute atomic E-state index is 0.148. The van der Waals surface area contributed by atoms with Crippen molar-refractivity contribution in [2.45, 2.75) is 25.3 Å². The predicted molar refractivity (Wildman–Crippen MR) is 99.8 cm³/mol. The molecule has 0 unspecified atom stereocenters. The Morgan fingerprint density at radius 3 is 2.56 bits per heavy atom. The molecule has 1 saturated heterocycles. The first-order valence-corrected chi connectivity index (χ1v) is 9.16. The standard InChI is InChI=1S/C21H21FN4O/c22-19-4-2-1-3-18(19)21(27)25-12-7-17(8-13-25)20-24-11-14-26(20)15-16-5-9-23-10-6-16/h1-6,9-11,14,17H,7-8,12-13,15H2. The lowest BCUT2D eigenvalue weighted by Gasteiger charge is -2.32. The highest BCUT2D eigenvalue weighted by Gasteiger charge is 2.27. The maximum absolute atomic E-state index is 13.9. The summed E-state index contributed by atoms with van der Waals surface area (Å²) in [7, 11) is 0. The number of halogens is 1. The first-order chi connectivity index (χ1) is 13.2. The average molecular weight is 364 g/mol. The van der Waals surface area contributed by atoms with Crippen LogP contribution in [0.4, 0.5) is 4.39 Å². The minimum atomic E-state index is -0.461. The van der Waals surface area contributed by atoms with Gasteiger partial charge in [-0.2, -0.15) is 0 Å². The largest absolute Gasteiger partial charge is 0.339 e. The Balaban J connectivity index is 1.42. The van der Waals surface area contributed by atoms with Gasteiger partial charge < -0.3 is 9.47 Å². The maximum atomic E-state index is 13.9. The highest BCUT2D eigenvalue weighted by molar-refractivity contribution is 5.94. The van der Waals surface area contributed by atoms with E-state index >= 15 is 0 Å². The number of benzene rings is 1. The fraction of sp³-hybridized carbons (Fsp3) is 0.286. The Hall–Kier alpha value is -3.02. The molecular formula is C21H21FN4O. The van der Waals surface area contributed by atoms with Crippen molar-refractivity contribution < 1.29 is 9.18 Å². The number of rotatable bonds is 4. The van der Waals surface area contributed by atoms with Crippen molar-refractivity contribution in [2.75, 3.05) is 13.1 Å². The Morgan fingerprint density at radius 2 is 1.81 bits per heavy atom. The van der Waals surface area contributed by atoms with Gasteiger partial charge in [0.05, 0.1) is 5.56 Å². The van der Waals surface area contributed by atoms with Gasteiger partial charge in [-0.3, -0.25) is 9.78 Å². The predicted octanol–water partition coefficient (Wildman–Crippen LogP) is 3.49. The Morgan fingerprint density at radius 1 is 1.07 bits per heavy atom. The second-order valence-corrected chi connectivity index (χ2v) is 6.82. The van der Waals surface area contributed by atoms with Gasteiger partial charge in [0.2, 0.25) is 0 Å². The Labute approximate surface area is 157 Å². The quantitative estimate of drug-likeness (QED) is 0.712. The molecule has 0 spiro atoms. The molecular weight excluding hydrogens is 343 g/mol. The van der Waals surface area contributed by atoms with Crippen molar-refractivity contribution in [3.8, 4) is 0 Å². The second kappa shape index (κ2) is 7.70. The summed E-state index contributed by atoms with van der Waals surface area (Å²) in [4.78, 5) is 22.9. The Kier molecular flexibility index (Phi) is 4.96. The first kappa shape index (κ1) is 17.4. The molecule has 27 heavy (non-hydrogen) atoms. The zero-order valence-corrected chi connectivity index (χ0v) is 15.0. The molecule has 3 aromatic rings. The smallest absolute Gasteiger partial charge is 0.256 e. The fourth-order valence-electron chi connectivity index (χ4n) is 3.64. The van der Waals surface area contributed by atoms with Crippen LogP contribution in [-0.2, 0) is 6.54 Å². The molecule has 1 aliphatic rings. The molecule has 1 amide bonds. The highest BCUT2D eigenvalue weighted by Crippen LogP contribution is 2.28. The van der Waals surface area contributed by atoms with Crippen molar-refractivity contribution in [2.24, 2.45) is 0 Å². The molecule has 0 N–H and O–H groups in total. The third-order valence-electron chi connectivity index (χ3n) is 5.10. The van der Waals surface area contributed by atoms with Gasteiger partial charge in [-0.25, -0.2) is 9.37 Å². The van der Waals surface area contributed by atoms with Crippen molar-refractivity contribution in [1.29, 1.82) is 0 Å². The van der Waals surface area contributed by atoms with Crippen LogP contribution in [-0.4, -0.2) is 38.4 Å². The van der Waals surface area contributed by atoms with Gasteiger partial charge in [0, 0.05) is 50.3 Å². The number of hydrogen-bond donors (Lipinski definition) is 0. The van der Waals surface area contributed by atoms with Gasteiger partial charge in [0.1, 0.15) is 11.6 Å². The van der Waals surface area contributed by atoms with E-state index in [2.05, 4.69) is 14.5 Å². The van der Waals surface area contributed by atoms with Crippen LogP contribution in [0, 0.1) is 5.82 Å².